The number of carboxylic acids is 2. The number of thioether (sulfide) groups is 1. The van der Waals surface area contributed by atoms with Crippen molar-refractivity contribution in [2.75, 3.05) is 12.0 Å². The van der Waals surface area contributed by atoms with Crippen molar-refractivity contribution in [3.05, 3.63) is 36.0 Å². The zero-order chi connectivity index (χ0) is 29.8. The van der Waals surface area contributed by atoms with Gasteiger partial charge in [0.15, 0.2) is 0 Å². The quantitative estimate of drug-likeness (QED) is 0.114. The Balaban J connectivity index is 2.31. The average molecular weight is 579 g/mol. The van der Waals surface area contributed by atoms with Crippen molar-refractivity contribution in [2.24, 2.45) is 11.5 Å². The van der Waals surface area contributed by atoms with Gasteiger partial charge in [-0.25, -0.2) is 4.79 Å². The zero-order valence-corrected chi connectivity index (χ0v) is 22.7. The first-order valence-electron chi connectivity index (χ1n) is 12.4. The van der Waals surface area contributed by atoms with Crippen LogP contribution in [0.1, 0.15) is 31.2 Å². The lowest BCUT2D eigenvalue weighted by Gasteiger charge is -2.25. The maximum absolute atomic E-state index is 13.4. The number of aromatic nitrogens is 1. The third-order valence-electron chi connectivity index (χ3n) is 6.00. The van der Waals surface area contributed by atoms with Gasteiger partial charge in [-0.3, -0.25) is 24.0 Å². The molecule has 0 spiro atoms. The first-order chi connectivity index (χ1) is 18.9. The van der Waals surface area contributed by atoms with Gasteiger partial charge in [-0.15, -0.1) is 0 Å². The van der Waals surface area contributed by atoms with Gasteiger partial charge in [0.2, 0.25) is 23.6 Å². The molecular weight excluding hydrogens is 544 g/mol. The number of rotatable bonds is 17. The molecule has 2 rings (SSSR count). The zero-order valence-electron chi connectivity index (χ0n) is 21.8. The minimum atomic E-state index is -1.45. The van der Waals surface area contributed by atoms with Gasteiger partial charge in [0.05, 0.1) is 12.5 Å². The molecule has 10 N–H and O–H groups in total. The Morgan fingerprint density at radius 2 is 1.55 bits per heavy atom. The normalized spacial score (nSPS) is 13.9. The fourth-order valence-corrected chi connectivity index (χ4v) is 4.35. The summed E-state index contributed by atoms with van der Waals surface area (Å²) in [6.45, 7) is 0. The van der Waals surface area contributed by atoms with Crippen molar-refractivity contribution >= 4 is 58.2 Å². The van der Waals surface area contributed by atoms with Gasteiger partial charge in [0.1, 0.15) is 18.1 Å². The molecule has 4 amide bonds. The van der Waals surface area contributed by atoms with E-state index in [0.717, 1.165) is 10.9 Å². The van der Waals surface area contributed by atoms with Crippen LogP contribution < -0.4 is 27.4 Å². The Hall–Kier alpha value is -4.11. The maximum atomic E-state index is 13.4. The van der Waals surface area contributed by atoms with E-state index in [1.807, 2.05) is 12.1 Å². The minimum absolute atomic E-state index is 0.0585. The van der Waals surface area contributed by atoms with E-state index in [-0.39, 0.29) is 25.7 Å². The molecule has 0 saturated carbocycles. The highest BCUT2D eigenvalue weighted by atomic mass is 32.2. The van der Waals surface area contributed by atoms with Crippen molar-refractivity contribution in [1.82, 2.24) is 20.9 Å². The molecule has 0 aliphatic carbocycles. The number of nitrogens with one attached hydrogen (secondary N) is 4. The van der Waals surface area contributed by atoms with E-state index in [1.54, 1.807) is 24.6 Å². The lowest BCUT2D eigenvalue weighted by molar-refractivity contribution is -0.142. The number of hydrogen-bond acceptors (Lipinski definition) is 8. The van der Waals surface area contributed by atoms with Crippen molar-refractivity contribution in [1.29, 1.82) is 0 Å². The second-order valence-electron chi connectivity index (χ2n) is 9.08. The number of carboxylic acid groups (broad SMARTS) is 2. The standard InChI is InChI=1S/C25H34N6O8S/c1-40-9-8-18(25(38)39)30-23(36)17(6-7-20(27)32)29-24(37)19(31-22(35)15(26)11-21(33)34)10-13-12-28-16-5-3-2-4-14(13)16/h2-5,12,15,17-19,28H,6-11,26H2,1H3,(H2,27,32)(H,29,37)(H,30,36)(H,31,35)(H,33,34)(H,38,39). The number of nitrogens with two attached hydrogens (primary N) is 2. The Kier molecular flexibility index (Phi) is 12.4. The molecule has 0 aliphatic rings. The molecule has 0 aliphatic heterocycles. The highest BCUT2D eigenvalue weighted by Crippen LogP contribution is 2.19. The third kappa shape index (κ3) is 9.89. The number of hydrogen-bond donors (Lipinski definition) is 8. The Morgan fingerprint density at radius 1 is 0.925 bits per heavy atom. The second kappa shape index (κ2) is 15.5. The molecule has 0 saturated heterocycles. The summed E-state index contributed by atoms with van der Waals surface area (Å²) in [6.07, 6.45) is 2.30. The number of aliphatic carboxylic acids is 2. The lowest BCUT2D eigenvalue weighted by atomic mass is 10.0. The first-order valence-corrected chi connectivity index (χ1v) is 13.8. The molecule has 0 bridgehead atoms. The third-order valence-corrected chi connectivity index (χ3v) is 6.64. The molecule has 218 valence electrons. The summed E-state index contributed by atoms with van der Waals surface area (Å²) in [6, 6.07) is 1.88. The monoisotopic (exact) mass is 578 g/mol. The van der Waals surface area contributed by atoms with Crippen LogP contribution in [0, 0.1) is 0 Å². The number of carbonyl (C=O) groups is 6. The average Bonchev–Trinajstić information content (AvgIpc) is 3.30. The predicted octanol–water partition coefficient (Wildman–Crippen LogP) is -0.930. The van der Waals surface area contributed by atoms with Gasteiger partial charge in [-0.2, -0.15) is 11.8 Å². The fraction of sp³-hybridized carbons (Fsp3) is 0.440. The summed E-state index contributed by atoms with van der Waals surface area (Å²) in [5, 5.41) is 26.5. The Morgan fingerprint density at radius 3 is 2.17 bits per heavy atom. The molecule has 40 heavy (non-hydrogen) atoms. The van der Waals surface area contributed by atoms with Gasteiger partial charge >= 0.3 is 11.9 Å². The summed E-state index contributed by atoms with van der Waals surface area (Å²) in [5.74, 6) is -5.44. The highest BCUT2D eigenvalue weighted by molar-refractivity contribution is 7.98. The molecule has 14 nitrogen and oxygen atoms in total. The molecule has 0 fully saturated rings. The molecule has 1 heterocycles. The highest BCUT2D eigenvalue weighted by Gasteiger charge is 2.31. The van der Waals surface area contributed by atoms with Crippen LogP contribution in [-0.2, 0) is 35.2 Å². The molecule has 0 radical (unpaired) electrons. The second-order valence-corrected chi connectivity index (χ2v) is 10.1. The van der Waals surface area contributed by atoms with Crippen LogP contribution in [0.3, 0.4) is 0 Å². The lowest BCUT2D eigenvalue weighted by Crippen LogP contribution is -2.57. The number of para-hydroxylation sites is 1. The van der Waals surface area contributed by atoms with E-state index in [1.165, 1.54) is 11.8 Å². The predicted molar refractivity (Wildman–Crippen MR) is 147 cm³/mol. The Bertz CT molecular complexity index is 1230. The van der Waals surface area contributed by atoms with Crippen LogP contribution in [0.4, 0.5) is 0 Å². The van der Waals surface area contributed by atoms with E-state index in [9.17, 15) is 33.9 Å². The molecule has 15 heteroatoms. The molecular formula is C25H34N6O8S. The van der Waals surface area contributed by atoms with E-state index in [0.29, 0.717) is 11.3 Å². The van der Waals surface area contributed by atoms with Crippen LogP contribution >= 0.6 is 11.8 Å². The van der Waals surface area contributed by atoms with Gasteiger partial charge in [-0.1, -0.05) is 18.2 Å². The molecule has 2 aromatic rings. The molecule has 4 atom stereocenters. The largest absolute Gasteiger partial charge is 0.481 e. The number of carbonyl (C=O) groups excluding carboxylic acids is 4. The fourth-order valence-electron chi connectivity index (χ4n) is 3.88. The summed E-state index contributed by atoms with van der Waals surface area (Å²) in [7, 11) is 0. The van der Waals surface area contributed by atoms with E-state index >= 15 is 0 Å². The summed E-state index contributed by atoms with van der Waals surface area (Å²) in [5.41, 5.74) is 12.3. The number of H-pyrrole nitrogens is 1. The van der Waals surface area contributed by atoms with E-state index < -0.39 is 66.2 Å². The van der Waals surface area contributed by atoms with Crippen LogP contribution in [0.5, 0.6) is 0 Å². The maximum Gasteiger partial charge on any atom is 0.326 e. The van der Waals surface area contributed by atoms with Crippen molar-refractivity contribution in [2.45, 2.75) is 56.3 Å². The number of benzene rings is 1. The van der Waals surface area contributed by atoms with Crippen molar-refractivity contribution < 1.29 is 39.0 Å². The van der Waals surface area contributed by atoms with Crippen molar-refractivity contribution in [3.63, 3.8) is 0 Å². The minimum Gasteiger partial charge on any atom is -0.481 e. The van der Waals surface area contributed by atoms with Crippen LogP contribution in [-0.4, -0.2) is 86.9 Å². The number of fused-ring (bicyclic) bond motifs is 1. The smallest absolute Gasteiger partial charge is 0.326 e. The van der Waals surface area contributed by atoms with Crippen molar-refractivity contribution in [3.8, 4) is 0 Å². The van der Waals surface area contributed by atoms with Crippen LogP contribution in [0.25, 0.3) is 10.9 Å². The van der Waals surface area contributed by atoms with E-state index in [2.05, 4.69) is 20.9 Å². The van der Waals surface area contributed by atoms with Crippen LogP contribution in [0.2, 0.25) is 0 Å². The number of amides is 4. The SMILES string of the molecule is CSCCC(NC(=O)C(CCC(N)=O)NC(=O)C(Cc1c[nH]c2ccccc12)NC(=O)C(N)CC(=O)O)C(=O)O. The molecule has 1 aromatic heterocycles. The van der Waals surface area contributed by atoms with Crippen LogP contribution in [0.15, 0.2) is 30.5 Å². The summed E-state index contributed by atoms with van der Waals surface area (Å²) < 4.78 is 0. The summed E-state index contributed by atoms with van der Waals surface area (Å²) >= 11 is 1.39. The molecule has 4 unspecified atom stereocenters. The number of primary amides is 1. The van der Waals surface area contributed by atoms with Gasteiger partial charge in [0.25, 0.3) is 0 Å². The summed E-state index contributed by atoms with van der Waals surface area (Å²) in [4.78, 5) is 76.2. The number of aromatic amines is 1. The van der Waals surface area contributed by atoms with E-state index in [4.69, 9.17) is 16.6 Å². The topological polar surface area (TPSA) is 247 Å². The Labute approximate surface area is 234 Å². The first kappa shape index (κ1) is 32.1. The molecule has 1 aromatic carbocycles. The van der Waals surface area contributed by atoms with Gasteiger partial charge in [-0.05, 0) is 36.5 Å². The van der Waals surface area contributed by atoms with Gasteiger partial charge < -0.3 is 42.6 Å². The van der Waals surface area contributed by atoms with Gasteiger partial charge in [0, 0.05) is 29.9 Å².